The minimum atomic E-state index is 0.328. The Hall–Kier alpha value is -2.02. The number of fused-ring (bicyclic) bond motifs is 1. The van der Waals surface area contributed by atoms with Crippen LogP contribution in [0.1, 0.15) is 19.4 Å². The van der Waals surface area contributed by atoms with Crippen LogP contribution in [0.25, 0.3) is 15.8 Å². The number of anilines is 1. The van der Waals surface area contributed by atoms with Crippen molar-refractivity contribution in [3.8, 4) is 0 Å². The van der Waals surface area contributed by atoms with Crippen molar-refractivity contribution in [2.75, 3.05) is 38.0 Å². The van der Waals surface area contributed by atoms with E-state index in [2.05, 4.69) is 50.5 Å². The van der Waals surface area contributed by atoms with Gasteiger partial charge in [-0.05, 0) is 19.4 Å². The first-order valence-corrected chi connectivity index (χ1v) is 9.98. The Morgan fingerprint density at radius 3 is 2.96 bits per heavy atom. The van der Waals surface area contributed by atoms with E-state index in [0.717, 1.165) is 59.9 Å². The molecule has 1 aliphatic rings. The van der Waals surface area contributed by atoms with Gasteiger partial charge in [-0.15, -0.1) is 11.3 Å². The first-order valence-electron chi connectivity index (χ1n) is 9.10. The number of hydrogen-bond acceptors (Lipinski definition) is 6. The predicted molar refractivity (Wildman–Crippen MR) is 113 cm³/mol. The molecule has 0 saturated carbocycles. The van der Waals surface area contributed by atoms with Crippen LogP contribution in [0.3, 0.4) is 0 Å². The van der Waals surface area contributed by atoms with Crippen molar-refractivity contribution in [1.29, 1.82) is 0 Å². The van der Waals surface area contributed by atoms with Gasteiger partial charge in [0.25, 0.3) is 0 Å². The van der Waals surface area contributed by atoms with E-state index < -0.39 is 0 Å². The summed E-state index contributed by atoms with van der Waals surface area (Å²) in [4.78, 5) is 11.5. The lowest BCUT2D eigenvalue weighted by Gasteiger charge is -2.30. The van der Waals surface area contributed by atoms with Gasteiger partial charge in [0.05, 0.1) is 10.2 Å². The van der Waals surface area contributed by atoms with Gasteiger partial charge < -0.3 is 10.6 Å². The standard InChI is InChI=1S/C20H27N5S/c1-4-6-7-16(5-2)17-13-26-19-18(17)22-14-23-20(19)24-15(3)12-25-10-8-21-9-11-25/h4-7,13-15,21H,2,8-12H2,1,3H3,(H,22,23,24)/b6-4-,16-7+/t15-/m0/s1. The minimum Gasteiger partial charge on any atom is -0.365 e. The van der Waals surface area contributed by atoms with E-state index in [9.17, 15) is 0 Å². The molecule has 26 heavy (non-hydrogen) atoms. The Balaban J connectivity index is 1.80. The van der Waals surface area contributed by atoms with Gasteiger partial charge in [0.2, 0.25) is 0 Å². The van der Waals surface area contributed by atoms with Crippen molar-refractivity contribution in [2.45, 2.75) is 19.9 Å². The number of aromatic nitrogens is 2. The average molecular weight is 370 g/mol. The number of allylic oxidation sites excluding steroid dienone is 5. The molecule has 0 spiro atoms. The predicted octanol–water partition coefficient (Wildman–Crippen LogP) is 3.54. The lowest BCUT2D eigenvalue weighted by atomic mass is 10.1. The molecule has 1 atom stereocenters. The number of nitrogens with one attached hydrogen (secondary N) is 2. The largest absolute Gasteiger partial charge is 0.365 e. The number of rotatable bonds is 7. The van der Waals surface area contributed by atoms with Gasteiger partial charge in [-0.25, -0.2) is 9.97 Å². The third-order valence-electron chi connectivity index (χ3n) is 4.48. The zero-order valence-electron chi connectivity index (χ0n) is 15.5. The summed E-state index contributed by atoms with van der Waals surface area (Å²) in [6, 6.07) is 0.328. The van der Waals surface area contributed by atoms with Crippen LogP contribution in [0.4, 0.5) is 5.82 Å². The average Bonchev–Trinajstić information content (AvgIpc) is 3.08. The summed E-state index contributed by atoms with van der Waals surface area (Å²) in [5, 5.41) is 9.12. The molecule has 138 valence electrons. The molecule has 2 aromatic rings. The molecule has 2 N–H and O–H groups in total. The second kappa shape index (κ2) is 9.07. The molecule has 5 nitrogen and oxygen atoms in total. The van der Waals surface area contributed by atoms with Crippen LogP contribution in [0.2, 0.25) is 0 Å². The van der Waals surface area contributed by atoms with E-state index in [1.165, 1.54) is 0 Å². The van der Waals surface area contributed by atoms with E-state index >= 15 is 0 Å². The van der Waals surface area contributed by atoms with Crippen molar-refractivity contribution in [2.24, 2.45) is 0 Å². The highest BCUT2D eigenvalue weighted by atomic mass is 32.1. The zero-order chi connectivity index (χ0) is 18.4. The van der Waals surface area contributed by atoms with Crippen LogP contribution in [0, 0.1) is 0 Å². The Kier molecular flexibility index (Phi) is 6.55. The summed E-state index contributed by atoms with van der Waals surface area (Å²) in [5.74, 6) is 0.920. The molecule has 0 amide bonds. The smallest absolute Gasteiger partial charge is 0.147 e. The molecular formula is C20H27N5S. The molecule has 3 rings (SSSR count). The first-order chi connectivity index (χ1) is 12.7. The second-order valence-electron chi connectivity index (χ2n) is 6.50. The second-order valence-corrected chi connectivity index (χ2v) is 7.38. The molecule has 1 saturated heterocycles. The lowest BCUT2D eigenvalue weighted by Crippen LogP contribution is -2.47. The summed E-state index contributed by atoms with van der Waals surface area (Å²) in [5.41, 5.74) is 3.17. The highest BCUT2D eigenvalue weighted by Crippen LogP contribution is 2.33. The molecule has 1 aliphatic heterocycles. The molecule has 0 aromatic carbocycles. The Morgan fingerprint density at radius 2 is 2.23 bits per heavy atom. The van der Waals surface area contributed by atoms with E-state index in [0.29, 0.717) is 6.04 Å². The van der Waals surface area contributed by atoms with E-state index in [4.69, 9.17) is 0 Å². The van der Waals surface area contributed by atoms with Gasteiger partial charge in [-0.2, -0.15) is 0 Å². The molecule has 0 unspecified atom stereocenters. The molecule has 0 radical (unpaired) electrons. The molecular weight excluding hydrogens is 342 g/mol. The van der Waals surface area contributed by atoms with Gasteiger partial charge in [0.1, 0.15) is 12.1 Å². The van der Waals surface area contributed by atoms with Crippen LogP contribution in [0.15, 0.2) is 42.6 Å². The molecule has 6 heteroatoms. The molecule has 0 aliphatic carbocycles. The Morgan fingerprint density at radius 1 is 1.42 bits per heavy atom. The third kappa shape index (κ3) is 4.38. The minimum absolute atomic E-state index is 0.328. The lowest BCUT2D eigenvalue weighted by molar-refractivity contribution is 0.235. The van der Waals surface area contributed by atoms with Crippen LogP contribution in [0.5, 0.6) is 0 Å². The maximum absolute atomic E-state index is 4.53. The van der Waals surface area contributed by atoms with Gasteiger partial charge >= 0.3 is 0 Å². The fraction of sp³-hybridized carbons (Fsp3) is 0.400. The first kappa shape index (κ1) is 18.8. The van der Waals surface area contributed by atoms with Crippen molar-refractivity contribution < 1.29 is 0 Å². The summed E-state index contributed by atoms with van der Waals surface area (Å²) in [7, 11) is 0. The van der Waals surface area contributed by atoms with Crippen molar-refractivity contribution in [3.05, 3.63) is 48.2 Å². The van der Waals surface area contributed by atoms with Crippen LogP contribution in [-0.4, -0.2) is 53.6 Å². The highest BCUT2D eigenvalue weighted by molar-refractivity contribution is 7.18. The molecule has 2 aromatic heterocycles. The highest BCUT2D eigenvalue weighted by Gasteiger charge is 2.16. The number of piperazine rings is 1. The maximum atomic E-state index is 4.53. The van der Waals surface area contributed by atoms with Crippen LogP contribution < -0.4 is 10.6 Å². The normalized spacial score (nSPS) is 17.7. The summed E-state index contributed by atoms with van der Waals surface area (Å²) in [6.45, 7) is 13.5. The SMILES string of the molecule is C=C/C(=C\C=C/C)c1csc2c(N[C@@H](C)CN3CCNCC3)ncnc12. The van der Waals surface area contributed by atoms with Crippen molar-refractivity contribution >= 4 is 32.9 Å². The van der Waals surface area contributed by atoms with Crippen molar-refractivity contribution in [3.63, 3.8) is 0 Å². The summed E-state index contributed by atoms with van der Waals surface area (Å²) < 4.78 is 1.10. The fourth-order valence-corrected chi connectivity index (χ4v) is 4.17. The van der Waals surface area contributed by atoms with E-state index in [1.807, 2.05) is 25.2 Å². The summed E-state index contributed by atoms with van der Waals surface area (Å²) in [6.07, 6.45) is 9.63. The number of thiophene rings is 1. The topological polar surface area (TPSA) is 53.1 Å². The van der Waals surface area contributed by atoms with Crippen LogP contribution >= 0.6 is 11.3 Å². The summed E-state index contributed by atoms with van der Waals surface area (Å²) >= 11 is 1.68. The quantitative estimate of drug-likeness (QED) is 0.731. The number of nitrogens with zero attached hydrogens (tertiary/aromatic N) is 3. The molecule has 0 bridgehead atoms. The third-order valence-corrected chi connectivity index (χ3v) is 5.45. The molecule has 1 fully saturated rings. The monoisotopic (exact) mass is 369 g/mol. The van der Waals surface area contributed by atoms with Crippen molar-refractivity contribution in [1.82, 2.24) is 20.2 Å². The van der Waals surface area contributed by atoms with Gasteiger partial charge in [-0.1, -0.05) is 30.9 Å². The Bertz CT molecular complexity index is 802. The molecule has 3 heterocycles. The van der Waals surface area contributed by atoms with E-state index in [1.54, 1.807) is 17.7 Å². The number of hydrogen-bond donors (Lipinski definition) is 2. The Labute approximate surface area is 159 Å². The van der Waals surface area contributed by atoms with Gasteiger partial charge in [0.15, 0.2) is 0 Å². The fourth-order valence-electron chi connectivity index (χ4n) is 3.19. The van der Waals surface area contributed by atoms with E-state index in [-0.39, 0.29) is 0 Å². The van der Waals surface area contributed by atoms with Gasteiger partial charge in [0, 0.05) is 49.7 Å². The zero-order valence-corrected chi connectivity index (χ0v) is 16.4. The van der Waals surface area contributed by atoms with Gasteiger partial charge in [-0.3, -0.25) is 4.90 Å². The van der Waals surface area contributed by atoms with Crippen LogP contribution in [-0.2, 0) is 0 Å². The maximum Gasteiger partial charge on any atom is 0.147 e.